The van der Waals surface area contributed by atoms with E-state index in [1.807, 2.05) is 0 Å². The number of carbonyl (C=O) groups is 1. The fraction of sp³-hybridized carbons (Fsp3) is 0.800. The highest BCUT2D eigenvalue weighted by Crippen LogP contribution is 2.15. The summed E-state index contributed by atoms with van der Waals surface area (Å²) in [6, 6.07) is 0. The molecule has 0 aromatic carbocycles. The zero-order valence-electron chi connectivity index (χ0n) is 6.62. The number of hydrogen-bond donors (Lipinski definition) is 1. The minimum Gasteiger partial charge on any atom is -0.368 e. The van der Waals surface area contributed by atoms with Gasteiger partial charge in [-0.1, -0.05) is 0 Å². The number of hydrogen-bond acceptors (Lipinski definition) is 3. The van der Waals surface area contributed by atoms with E-state index in [0.717, 1.165) is 0 Å². The van der Waals surface area contributed by atoms with Crippen molar-refractivity contribution in [2.45, 2.75) is 11.0 Å². The highest BCUT2D eigenvalue weighted by molar-refractivity contribution is 8.04. The molecule has 0 bridgehead atoms. The van der Waals surface area contributed by atoms with Crippen molar-refractivity contribution in [2.75, 3.05) is 12.5 Å². The molecule has 0 aromatic heterocycles. The highest BCUT2D eigenvalue weighted by atomic mass is 32.2. The van der Waals surface area contributed by atoms with Gasteiger partial charge in [0.2, 0.25) is 5.91 Å². The number of amides is 1. The lowest BCUT2D eigenvalue weighted by Gasteiger charge is -2.19. The second-order valence-corrected chi connectivity index (χ2v) is 5.93. The van der Waals surface area contributed by atoms with Gasteiger partial charge in [-0.05, 0) is 6.92 Å². The van der Waals surface area contributed by atoms with Crippen LogP contribution in [0.3, 0.4) is 0 Å². The highest BCUT2D eigenvalue weighted by Gasteiger charge is 2.39. The molecule has 1 amide bonds. The Kier molecular flexibility index (Phi) is 3.37. The Morgan fingerprint density at radius 2 is 1.55 bits per heavy atom. The minimum absolute atomic E-state index is 0.792. The van der Waals surface area contributed by atoms with E-state index in [9.17, 15) is 13.2 Å². The molecular formula is C5H11NO3S2. The zero-order chi connectivity index (χ0) is 9.23. The van der Waals surface area contributed by atoms with E-state index in [1.54, 1.807) is 0 Å². The van der Waals surface area contributed by atoms with E-state index in [2.05, 4.69) is 0 Å². The molecule has 2 unspecified atom stereocenters. The Morgan fingerprint density at radius 3 is 1.55 bits per heavy atom. The lowest BCUT2D eigenvalue weighted by Crippen LogP contribution is -2.47. The molecule has 0 heterocycles. The first-order valence-electron chi connectivity index (χ1n) is 2.80. The van der Waals surface area contributed by atoms with Crippen LogP contribution in [0.2, 0.25) is 0 Å². The molecule has 0 aliphatic rings. The Hall–Kier alpha value is -0.230. The summed E-state index contributed by atoms with van der Waals surface area (Å²) >= 11 is 0. The van der Waals surface area contributed by atoms with Crippen LogP contribution in [0.15, 0.2) is 0 Å². The summed E-state index contributed by atoms with van der Waals surface area (Å²) in [6.45, 7) is 1.33. The minimum atomic E-state index is -1.50. The third kappa shape index (κ3) is 1.87. The van der Waals surface area contributed by atoms with E-state index in [4.69, 9.17) is 5.73 Å². The van der Waals surface area contributed by atoms with Crippen LogP contribution >= 0.6 is 0 Å². The van der Waals surface area contributed by atoms with Gasteiger partial charge in [-0.2, -0.15) is 0 Å². The Morgan fingerprint density at radius 1 is 1.27 bits per heavy atom. The molecule has 0 spiro atoms. The van der Waals surface area contributed by atoms with Gasteiger partial charge >= 0.3 is 0 Å². The van der Waals surface area contributed by atoms with Crippen molar-refractivity contribution in [1.29, 1.82) is 0 Å². The van der Waals surface area contributed by atoms with Crippen LogP contribution in [-0.2, 0) is 26.4 Å². The summed E-state index contributed by atoms with van der Waals surface area (Å²) < 4.78 is 20.5. The third-order valence-corrected chi connectivity index (χ3v) is 5.55. The summed E-state index contributed by atoms with van der Waals surface area (Å²) in [5.41, 5.74) is 4.95. The molecule has 6 heteroatoms. The van der Waals surface area contributed by atoms with E-state index in [0.29, 0.717) is 0 Å². The topological polar surface area (TPSA) is 77.2 Å². The molecule has 0 saturated heterocycles. The molecule has 0 aromatic rings. The van der Waals surface area contributed by atoms with E-state index >= 15 is 0 Å². The van der Waals surface area contributed by atoms with Crippen molar-refractivity contribution in [1.82, 2.24) is 0 Å². The van der Waals surface area contributed by atoms with Crippen LogP contribution in [0.1, 0.15) is 6.92 Å². The number of nitrogens with two attached hydrogens (primary N) is 1. The maximum atomic E-state index is 11.0. The maximum absolute atomic E-state index is 11.0. The summed E-state index contributed by atoms with van der Waals surface area (Å²) in [5, 5.41) is 0. The summed E-state index contributed by atoms with van der Waals surface area (Å²) in [7, 11) is -3.01. The van der Waals surface area contributed by atoms with Crippen molar-refractivity contribution in [3.63, 3.8) is 0 Å². The van der Waals surface area contributed by atoms with Gasteiger partial charge in [-0.15, -0.1) is 0 Å². The van der Waals surface area contributed by atoms with E-state index in [1.165, 1.54) is 19.4 Å². The van der Waals surface area contributed by atoms with Crippen molar-refractivity contribution >= 4 is 27.5 Å². The number of primary amides is 1. The largest absolute Gasteiger partial charge is 0.368 e. The van der Waals surface area contributed by atoms with Crippen LogP contribution in [0, 0.1) is 0 Å². The van der Waals surface area contributed by atoms with Crippen LogP contribution in [-0.4, -0.2) is 30.9 Å². The normalized spacial score (nSPS) is 21.7. The van der Waals surface area contributed by atoms with Gasteiger partial charge in [0, 0.05) is 34.1 Å². The number of carbonyl (C=O) groups excluding carboxylic acids is 1. The molecule has 0 aliphatic heterocycles. The Labute approximate surface area is 70.4 Å². The van der Waals surface area contributed by atoms with E-state index < -0.39 is 31.6 Å². The fourth-order valence-corrected chi connectivity index (χ4v) is 2.34. The molecule has 0 saturated carbocycles. The van der Waals surface area contributed by atoms with Crippen molar-refractivity contribution in [3.05, 3.63) is 0 Å². The van der Waals surface area contributed by atoms with Crippen molar-refractivity contribution in [3.8, 4) is 0 Å². The second-order valence-electron chi connectivity index (χ2n) is 2.22. The standard InChI is InChI=1S/C5H11NO3S2/c1-5(4(6)7,10(2)8)11(3)9/h1-3H3,(H2,6,7). The second kappa shape index (κ2) is 3.44. The Bertz CT molecular complexity index is 190. The predicted molar refractivity (Wildman–Crippen MR) is 45.7 cm³/mol. The van der Waals surface area contributed by atoms with Gasteiger partial charge < -0.3 is 5.73 Å². The van der Waals surface area contributed by atoms with E-state index in [-0.39, 0.29) is 0 Å². The van der Waals surface area contributed by atoms with Gasteiger partial charge in [0.25, 0.3) is 0 Å². The van der Waals surface area contributed by atoms with Gasteiger partial charge in [0.05, 0.1) is 0 Å². The SMILES string of the molecule is CS(=O)C(C)(C(N)=O)S(C)=O. The molecule has 2 N–H and O–H groups in total. The molecule has 0 radical (unpaired) electrons. The smallest absolute Gasteiger partial charge is 0.248 e. The first kappa shape index (κ1) is 10.8. The average molecular weight is 197 g/mol. The molecular weight excluding hydrogens is 186 g/mol. The predicted octanol–water partition coefficient (Wildman–Crippen LogP) is -1.06. The molecule has 66 valence electrons. The van der Waals surface area contributed by atoms with Crippen LogP contribution in [0.4, 0.5) is 0 Å². The van der Waals surface area contributed by atoms with Crippen LogP contribution in [0.25, 0.3) is 0 Å². The first-order chi connectivity index (χ1) is 4.83. The molecule has 0 aliphatic carbocycles. The van der Waals surface area contributed by atoms with Gasteiger partial charge in [-0.3, -0.25) is 13.2 Å². The first-order valence-corrected chi connectivity index (χ1v) is 5.92. The lowest BCUT2D eigenvalue weighted by molar-refractivity contribution is -0.118. The fourth-order valence-electron chi connectivity index (χ4n) is 0.449. The third-order valence-electron chi connectivity index (χ3n) is 1.54. The zero-order valence-corrected chi connectivity index (χ0v) is 8.25. The van der Waals surface area contributed by atoms with Gasteiger partial charge in [0.1, 0.15) is 0 Å². The maximum Gasteiger partial charge on any atom is 0.248 e. The average Bonchev–Trinajstić information content (AvgIpc) is 1.84. The van der Waals surface area contributed by atoms with Crippen LogP contribution < -0.4 is 5.73 Å². The summed E-state index contributed by atoms with van der Waals surface area (Å²) in [4.78, 5) is 10.7. The summed E-state index contributed by atoms with van der Waals surface area (Å²) in [6.07, 6.45) is 2.62. The molecule has 0 fully saturated rings. The quantitative estimate of drug-likeness (QED) is 0.627. The van der Waals surface area contributed by atoms with Crippen molar-refractivity contribution in [2.24, 2.45) is 5.73 Å². The monoisotopic (exact) mass is 197 g/mol. The Balaban J connectivity index is 4.99. The molecule has 2 atom stereocenters. The lowest BCUT2D eigenvalue weighted by atomic mass is 10.4. The summed E-state index contributed by atoms with van der Waals surface area (Å²) in [5.74, 6) is -0.792. The van der Waals surface area contributed by atoms with Gasteiger partial charge in [0.15, 0.2) is 4.08 Å². The van der Waals surface area contributed by atoms with Crippen molar-refractivity contribution < 1.29 is 13.2 Å². The number of rotatable bonds is 3. The molecule has 4 nitrogen and oxygen atoms in total. The molecule has 0 rings (SSSR count). The van der Waals surface area contributed by atoms with Crippen LogP contribution in [0.5, 0.6) is 0 Å². The molecule has 11 heavy (non-hydrogen) atoms. The van der Waals surface area contributed by atoms with Gasteiger partial charge in [-0.25, -0.2) is 0 Å².